The second kappa shape index (κ2) is 6.28. The maximum Gasteiger partial charge on any atom is 0.273 e. The summed E-state index contributed by atoms with van der Waals surface area (Å²) in [5.41, 5.74) is 0.331. The standard InChI is InChI=1S/C14H12N6O4S/c1-10-2-4-12(6-13(10)20(21)22)25(23,24)18-11-3-5-14(16-7-11)19-9-15-8-17-19/h2-9,18H,1H3. The van der Waals surface area contributed by atoms with Crippen LogP contribution < -0.4 is 4.72 Å². The maximum absolute atomic E-state index is 12.4. The SMILES string of the molecule is Cc1ccc(S(=O)(=O)Nc2ccc(-n3cncn3)nc2)cc1[N+](=O)[O-]. The summed E-state index contributed by atoms with van der Waals surface area (Å²) in [4.78, 5) is 18.0. The number of aryl methyl sites for hydroxylation is 1. The fourth-order valence-electron chi connectivity index (χ4n) is 2.08. The van der Waals surface area contributed by atoms with Crippen LogP contribution >= 0.6 is 0 Å². The number of hydrogen-bond acceptors (Lipinski definition) is 7. The van der Waals surface area contributed by atoms with Crippen molar-refractivity contribution in [3.63, 3.8) is 0 Å². The van der Waals surface area contributed by atoms with E-state index in [0.29, 0.717) is 11.4 Å². The first-order valence-electron chi connectivity index (χ1n) is 6.96. The van der Waals surface area contributed by atoms with Gasteiger partial charge in [-0.3, -0.25) is 14.8 Å². The zero-order valence-corrected chi connectivity index (χ0v) is 13.7. The van der Waals surface area contributed by atoms with Gasteiger partial charge in [-0.15, -0.1) is 0 Å². The number of anilines is 1. The van der Waals surface area contributed by atoms with Gasteiger partial charge in [0, 0.05) is 11.6 Å². The van der Waals surface area contributed by atoms with E-state index in [9.17, 15) is 18.5 Å². The van der Waals surface area contributed by atoms with Gasteiger partial charge in [-0.2, -0.15) is 5.10 Å². The van der Waals surface area contributed by atoms with E-state index < -0.39 is 14.9 Å². The highest BCUT2D eigenvalue weighted by atomic mass is 32.2. The summed E-state index contributed by atoms with van der Waals surface area (Å²) in [5.74, 6) is 0.464. The van der Waals surface area contributed by atoms with Crippen molar-refractivity contribution in [2.24, 2.45) is 0 Å². The molecule has 0 aliphatic carbocycles. The molecule has 0 saturated carbocycles. The van der Waals surface area contributed by atoms with E-state index in [4.69, 9.17) is 0 Å². The summed E-state index contributed by atoms with van der Waals surface area (Å²) in [6, 6.07) is 6.78. The number of pyridine rings is 1. The van der Waals surface area contributed by atoms with Gasteiger partial charge < -0.3 is 0 Å². The number of nitro benzene ring substituents is 1. The normalized spacial score (nSPS) is 11.2. The van der Waals surface area contributed by atoms with Gasteiger partial charge in [0.05, 0.1) is 21.7 Å². The number of aromatic nitrogens is 4. The topological polar surface area (TPSA) is 133 Å². The summed E-state index contributed by atoms with van der Waals surface area (Å²) in [6.07, 6.45) is 4.12. The molecule has 3 aromatic rings. The summed E-state index contributed by atoms with van der Waals surface area (Å²) >= 11 is 0. The number of rotatable bonds is 5. The lowest BCUT2D eigenvalue weighted by atomic mass is 10.2. The summed E-state index contributed by atoms with van der Waals surface area (Å²) in [7, 11) is -3.98. The summed E-state index contributed by atoms with van der Waals surface area (Å²) in [5, 5.41) is 14.9. The van der Waals surface area contributed by atoms with Crippen LogP contribution in [0.2, 0.25) is 0 Å². The molecule has 11 heteroatoms. The zero-order chi connectivity index (χ0) is 18.0. The fourth-order valence-corrected chi connectivity index (χ4v) is 3.14. The molecule has 0 fully saturated rings. The molecule has 0 radical (unpaired) electrons. The van der Waals surface area contributed by atoms with E-state index in [-0.39, 0.29) is 16.3 Å². The lowest BCUT2D eigenvalue weighted by Gasteiger charge is -2.09. The van der Waals surface area contributed by atoms with Crippen molar-refractivity contribution < 1.29 is 13.3 Å². The number of nitrogens with one attached hydrogen (secondary N) is 1. The predicted molar refractivity (Wildman–Crippen MR) is 87.8 cm³/mol. The fraction of sp³-hybridized carbons (Fsp3) is 0.0714. The van der Waals surface area contributed by atoms with Gasteiger partial charge >= 0.3 is 0 Å². The van der Waals surface area contributed by atoms with Crippen molar-refractivity contribution in [3.8, 4) is 5.82 Å². The quantitative estimate of drug-likeness (QED) is 0.540. The van der Waals surface area contributed by atoms with Crippen LogP contribution in [0.15, 0.2) is 54.1 Å². The molecule has 0 spiro atoms. The number of nitrogens with zero attached hydrogens (tertiary/aromatic N) is 5. The van der Waals surface area contributed by atoms with Gasteiger partial charge in [0.1, 0.15) is 12.7 Å². The van der Waals surface area contributed by atoms with Crippen molar-refractivity contribution in [2.45, 2.75) is 11.8 Å². The average molecular weight is 360 g/mol. The molecule has 0 amide bonds. The Hall–Kier alpha value is -3.34. The Labute approximate surface area is 142 Å². The van der Waals surface area contributed by atoms with Gasteiger partial charge in [-0.25, -0.2) is 23.1 Å². The minimum Gasteiger partial charge on any atom is -0.278 e. The number of nitro groups is 1. The first kappa shape index (κ1) is 16.5. The average Bonchev–Trinajstić information content (AvgIpc) is 3.09. The monoisotopic (exact) mass is 360 g/mol. The molecule has 2 heterocycles. The summed E-state index contributed by atoms with van der Waals surface area (Å²) < 4.78 is 28.6. The highest BCUT2D eigenvalue weighted by Crippen LogP contribution is 2.23. The van der Waals surface area contributed by atoms with Gasteiger partial charge in [-0.1, -0.05) is 6.07 Å². The van der Waals surface area contributed by atoms with Crippen LogP contribution in [0, 0.1) is 17.0 Å². The molecule has 25 heavy (non-hydrogen) atoms. The first-order chi connectivity index (χ1) is 11.9. The molecular formula is C14H12N6O4S. The molecule has 0 saturated heterocycles. The van der Waals surface area contributed by atoms with Crippen LogP contribution in [0.5, 0.6) is 0 Å². The molecule has 128 valence electrons. The lowest BCUT2D eigenvalue weighted by Crippen LogP contribution is -2.13. The molecule has 2 aromatic heterocycles. The Morgan fingerprint density at radius 1 is 1.24 bits per heavy atom. The number of benzene rings is 1. The van der Waals surface area contributed by atoms with Crippen molar-refractivity contribution in [2.75, 3.05) is 4.72 Å². The Bertz CT molecular complexity index is 1020. The van der Waals surface area contributed by atoms with Crippen LogP contribution in [-0.4, -0.2) is 33.1 Å². The van der Waals surface area contributed by atoms with Gasteiger partial charge in [0.2, 0.25) is 0 Å². The third-order valence-electron chi connectivity index (χ3n) is 3.34. The van der Waals surface area contributed by atoms with Crippen molar-refractivity contribution >= 4 is 21.4 Å². The summed E-state index contributed by atoms with van der Waals surface area (Å²) in [6.45, 7) is 1.54. The molecule has 3 rings (SSSR count). The van der Waals surface area contributed by atoms with E-state index in [1.54, 1.807) is 6.07 Å². The van der Waals surface area contributed by atoms with E-state index in [1.165, 1.54) is 48.7 Å². The van der Waals surface area contributed by atoms with Crippen LogP contribution in [0.1, 0.15) is 5.56 Å². The first-order valence-corrected chi connectivity index (χ1v) is 8.44. The molecular weight excluding hydrogens is 348 g/mol. The Balaban J connectivity index is 1.86. The Morgan fingerprint density at radius 2 is 2.04 bits per heavy atom. The van der Waals surface area contributed by atoms with Gasteiger partial charge in [0.15, 0.2) is 5.82 Å². The third-order valence-corrected chi connectivity index (χ3v) is 4.72. The van der Waals surface area contributed by atoms with E-state index in [2.05, 4.69) is 19.8 Å². The molecule has 1 aromatic carbocycles. The Morgan fingerprint density at radius 3 is 2.64 bits per heavy atom. The minimum atomic E-state index is -3.98. The van der Waals surface area contributed by atoms with Crippen molar-refractivity contribution in [3.05, 3.63) is 64.9 Å². The zero-order valence-electron chi connectivity index (χ0n) is 12.9. The van der Waals surface area contributed by atoms with Crippen LogP contribution in [0.4, 0.5) is 11.4 Å². The molecule has 0 unspecified atom stereocenters. The molecule has 0 aliphatic heterocycles. The molecule has 10 nitrogen and oxygen atoms in total. The highest BCUT2D eigenvalue weighted by molar-refractivity contribution is 7.92. The third kappa shape index (κ3) is 3.45. The molecule has 0 aliphatic rings. The van der Waals surface area contributed by atoms with Crippen LogP contribution in [0.25, 0.3) is 5.82 Å². The number of sulfonamides is 1. The Kier molecular flexibility index (Phi) is 4.15. The largest absolute Gasteiger partial charge is 0.278 e. The van der Waals surface area contributed by atoms with Gasteiger partial charge in [0.25, 0.3) is 15.7 Å². The van der Waals surface area contributed by atoms with Crippen molar-refractivity contribution in [1.29, 1.82) is 0 Å². The van der Waals surface area contributed by atoms with Crippen molar-refractivity contribution in [1.82, 2.24) is 19.7 Å². The van der Waals surface area contributed by atoms with E-state index in [0.717, 1.165) is 6.07 Å². The second-order valence-electron chi connectivity index (χ2n) is 5.06. The van der Waals surface area contributed by atoms with E-state index >= 15 is 0 Å². The van der Waals surface area contributed by atoms with E-state index in [1.807, 2.05) is 0 Å². The van der Waals surface area contributed by atoms with Crippen LogP contribution in [-0.2, 0) is 10.0 Å². The predicted octanol–water partition coefficient (Wildman–Crippen LogP) is 1.68. The molecule has 0 atom stereocenters. The minimum absolute atomic E-state index is 0.204. The molecule has 0 bridgehead atoms. The maximum atomic E-state index is 12.4. The highest BCUT2D eigenvalue weighted by Gasteiger charge is 2.20. The number of hydrogen-bond donors (Lipinski definition) is 1. The van der Waals surface area contributed by atoms with Crippen LogP contribution in [0.3, 0.4) is 0 Å². The molecule has 1 N–H and O–H groups in total. The smallest absolute Gasteiger partial charge is 0.273 e. The lowest BCUT2D eigenvalue weighted by molar-refractivity contribution is -0.385. The second-order valence-corrected chi connectivity index (χ2v) is 6.74. The van der Waals surface area contributed by atoms with Gasteiger partial charge in [-0.05, 0) is 25.1 Å².